The molecule has 11 nitrogen and oxygen atoms in total. The molecule has 1 aliphatic heterocycles. The molecule has 1 unspecified atom stereocenters. The Labute approximate surface area is 219 Å². The fourth-order valence-corrected chi connectivity index (χ4v) is 5.31. The molecule has 1 aromatic heterocycles. The summed E-state index contributed by atoms with van der Waals surface area (Å²) in [4.78, 5) is 22.7. The first-order chi connectivity index (χ1) is 17.5. The molecule has 3 rings (SSSR count). The number of hydrogen-bond donors (Lipinski definition) is 2. The SMILES string of the molecule is CCn1cc(S(=O)(=O)N2CC(CCC(=O)O)Oc3c(F)cc(NC(=O)OC(C)(C)C(F)(F)F)cc32)c(Cl)n1. The highest BCUT2D eigenvalue weighted by atomic mass is 35.5. The van der Waals surface area contributed by atoms with Crippen molar-refractivity contribution in [1.82, 2.24) is 9.78 Å². The number of halogens is 5. The summed E-state index contributed by atoms with van der Waals surface area (Å²) in [5.74, 6) is -2.95. The molecule has 1 aromatic carbocycles. The van der Waals surface area contributed by atoms with E-state index in [-0.39, 0.29) is 18.1 Å². The van der Waals surface area contributed by atoms with Gasteiger partial charge in [0, 0.05) is 30.9 Å². The number of aryl methyl sites for hydroxylation is 1. The van der Waals surface area contributed by atoms with Gasteiger partial charge in [0.25, 0.3) is 10.0 Å². The van der Waals surface area contributed by atoms with Crippen molar-refractivity contribution in [3.05, 3.63) is 29.3 Å². The Hall–Kier alpha value is -3.27. The highest BCUT2D eigenvalue weighted by molar-refractivity contribution is 7.93. The number of carboxylic acid groups (broad SMARTS) is 1. The number of ether oxygens (including phenoxy) is 2. The molecule has 2 N–H and O–H groups in total. The van der Waals surface area contributed by atoms with Crippen molar-refractivity contribution >= 4 is 45.1 Å². The van der Waals surface area contributed by atoms with E-state index in [1.165, 1.54) is 4.68 Å². The third-order valence-electron chi connectivity index (χ3n) is 5.48. The Kier molecular flexibility index (Phi) is 8.07. The van der Waals surface area contributed by atoms with Crippen LogP contribution in [-0.2, 0) is 26.1 Å². The molecule has 0 saturated heterocycles. The number of carboxylic acids is 1. The topological polar surface area (TPSA) is 140 Å². The summed E-state index contributed by atoms with van der Waals surface area (Å²) in [5, 5.41) is 14.5. The monoisotopic (exact) mass is 586 g/mol. The zero-order chi connectivity index (χ0) is 28.6. The summed E-state index contributed by atoms with van der Waals surface area (Å²) in [6, 6.07) is 1.65. The third-order valence-corrected chi connectivity index (χ3v) is 7.65. The number of rotatable bonds is 8. The summed E-state index contributed by atoms with van der Waals surface area (Å²) in [6.07, 6.45) is -7.01. The predicted molar refractivity (Wildman–Crippen MR) is 125 cm³/mol. The zero-order valence-electron chi connectivity index (χ0n) is 20.2. The van der Waals surface area contributed by atoms with E-state index in [0.717, 1.165) is 12.3 Å². The van der Waals surface area contributed by atoms with Crippen molar-refractivity contribution < 1.29 is 50.1 Å². The van der Waals surface area contributed by atoms with Gasteiger partial charge < -0.3 is 14.6 Å². The van der Waals surface area contributed by atoms with Crippen molar-refractivity contribution in [3.8, 4) is 5.75 Å². The fraction of sp³-hybridized carbons (Fsp3) is 0.476. The van der Waals surface area contributed by atoms with Crippen molar-refractivity contribution in [2.45, 2.75) is 62.9 Å². The van der Waals surface area contributed by atoms with Crippen LogP contribution in [-0.4, -0.2) is 59.8 Å². The first-order valence-electron chi connectivity index (χ1n) is 11.0. The van der Waals surface area contributed by atoms with E-state index in [0.29, 0.717) is 24.2 Å². The molecule has 0 aliphatic carbocycles. The molecule has 1 atom stereocenters. The predicted octanol–water partition coefficient (Wildman–Crippen LogP) is 4.41. The Morgan fingerprint density at radius 1 is 1.32 bits per heavy atom. The molecule has 0 saturated carbocycles. The molecule has 0 fully saturated rings. The number of anilines is 2. The van der Waals surface area contributed by atoms with Gasteiger partial charge >= 0.3 is 18.2 Å². The van der Waals surface area contributed by atoms with Crippen LogP contribution in [0.2, 0.25) is 5.15 Å². The minimum absolute atomic E-state index is 0.180. The van der Waals surface area contributed by atoms with Crippen LogP contribution < -0.4 is 14.4 Å². The zero-order valence-corrected chi connectivity index (χ0v) is 21.7. The summed E-state index contributed by atoms with van der Waals surface area (Å²) < 4.78 is 93.4. The van der Waals surface area contributed by atoms with Gasteiger partial charge in [0.15, 0.2) is 16.7 Å². The molecule has 0 bridgehead atoms. The van der Waals surface area contributed by atoms with Crippen LogP contribution in [0.25, 0.3) is 0 Å². The molecule has 1 aliphatic rings. The van der Waals surface area contributed by atoms with Crippen molar-refractivity contribution in [1.29, 1.82) is 0 Å². The Morgan fingerprint density at radius 3 is 2.53 bits per heavy atom. The minimum atomic E-state index is -4.91. The van der Waals surface area contributed by atoms with E-state index < -0.39 is 80.8 Å². The quantitative estimate of drug-likeness (QED) is 0.434. The molecular weight excluding hydrogens is 564 g/mol. The van der Waals surface area contributed by atoms with E-state index in [2.05, 4.69) is 9.84 Å². The van der Waals surface area contributed by atoms with Crippen LogP contribution in [0.1, 0.15) is 33.6 Å². The van der Waals surface area contributed by atoms with Gasteiger partial charge in [-0.1, -0.05) is 11.6 Å². The number of hydrogen-bond acceptors (Lipinski definition) is 7. The molecule has 17 heteroatoms. The fourth-order valence-electron chi connectivity index (χ4n) is 3.37. The molecule has 0 radical (unpaired) electrons. The van der Waals surface area contributed by atoms with Crippen LogP contribution in [0.3, 0.4) is 0 Å². The van der Waals surface area contributed by atoms with Crippen LogP contribution in [0.4, 0.5) is 33.7 Å². The molecule has 38 heavy (non-hydrogen) atoms. The molecule has 2 aromatic rings. The number of aromatic nitrogens is 2. The summed E-state index contributed by atoms with van der Waals surface area (Å²) in [7, 11) is -4.55. The number of carbonyl (C=O) groups is 2. The Balaban J connectivity index is 2.04. The number of nitrogens with zero attached hydrogens (tertiary/aromatic N) is 3. The summed E-state index contributed by atoms with van der Waals surface area (Å²) in [5.41, 5.74) is -3.73. The maximum absolute atomic E-state index is 15.1. The van der Waals surface area contributed by atoms with E-state index in [4.69, 9.17) is 21.4 Å². The summed E-state index contributed by atoms with van der Waals surface area (Å²) >= 11 is 6.04. The first-order valence-corrected chi connectivity index (χ1v) is 12.8. The average molecular weight is 587 g/mol. The number of fused-ring (bicyclic) bond motifs is 1. The van der Waals surface area contributed by atoms with Crippen molar-refractivity contribution in [2.75, 3.05) is 16.2 Å². The second-order valence-corrected chi connectivity index (χ2v) is 10.9. The van der Waals surface area contributed by atoms with Gasteiger partial charge in [-0.3, -0.25) is 19.1 Å². The second-order valence-electron chi connectivity index (χ2n) is 8.68. The highest BCUT2D eigenvalue weighted by Crippen LogP contribution is 2.42. The van der Waals surface area contributed by atoms with Crippen molar-refractivity contribution in [2.24, 2.45) is 0 Å². The van der Waals surface area contributed by atoms with Gasteiger partial charge in [0.05, 0.1) is 12.2 Å². The summed E-state index contributed by atoms with van der Waals surface area (Å²) in [6.45, 7) is 2.71. The lowest BCUT2D eigenvalue weighted by Crippen LogP contribution is -2.44. The van der Waals surface area contributed by atoms with E-state index in [1.807, 2.05) is 5.32 Å². The van der Waals surface area contributed by atoms with Crippen LogP contribution in [0.15, 0.2) is 23.2 Å². The first kappa shape index (κ1) is 29.3. The number of sulfonamides is 1. The lowest BCUT2D eigenvalue weighted by atomic mass is 10.1. The van der Waals surface area contributed by atoms with Gasteiger partial charge in [0.1, 0.15) is 11.0 Å². The number of aliphatic carboxylic acids is 1. The van der Waals surface area contributed by atoms with Gasteiger partial charge in [-0.15, -0.1) is 0 Å². The van der Waals surface area contributed by atoms with E-state index in [1.54, 1.807) is 6.92 Å². The van der Waals surface area contributed by atoms with E-state index >= 15 is 4.39 Å². The lowest BCUT2D eigenvalue weighted by molar-refractivity contribution is -0.242. The Bertz CT molecular complexity index is 1350. The van der Waals surface area contributed by atoms with Crippen LogP contribution in [0, 0.1) is 5.82 Å². The van der Waals surface area contributed by atoms with Gasteiger partial charge in [-0.25, -0.2) is 17.6 Å². The molecule has 210 valence electrons. The number of alkyl halides is 3. The molecule has 0 spiro atoms. The maximum atomic E-state index is 15.1. The smallest absolute Gasteiger partial charge is 0.427 e. The largest absolute Gasteiger partial charge is 0.483 e. The number of benzene rings is 1. The number of amides is 1. The van der Waals surface area contributed by atoms with Crippen LogP contribution in [0.5, 0.6) is 5.75 Å². The average Bonchev–Trinajstić information content (AvgIpc) is 3.17. The number of nitrogens with one attached hydrogen (secondary N) is 1. The normalized spacial score (nSPS) is 16.0. The van der Waals surface area contributed by atoms with E-state index in [9.17, 15) is 31.2 Å². The van der Waals surface area contributed by atoms with Gasteiger partial charge in [-0.2, -0.15) is 18.3 Å². The maximum Gasteiger partial charge on any atom is 0.427 e. The molecule has 1 amide bonds. The second kappa shape index (κ2) is 10.5. The van der Waals surface area contributed by atoms with Gasteiger partial charge in [0.2, 0.25) is 5.60 Å². The minimum Gasteiger partial charge on any atom is -0.483 e. The number of carbonyl (C=O) groups excluding carboxylic acids is 1. The van der Waals surface area contributed by atoms with Crippen LogP contribution >= 0.6 is 11.6 Å². The standard InChI is InChI=1S/C21H23ClF4N4O7S/c1-4-29-10-15(18(22)28-29)38(34,35)30-9-12(5-6-16(31)32)36-17-13(23)7-11(8-14(17)30)27-19(33)37-20(2,3)21(24,25)26/h7-8,10,12H,4-6,9H2,1-3H3,(H,27,33)(H,31,32). The molecular formula is C21H23ClF4N4O7S. The molecule has 2 heterocycles. The highest BCUT2D eigenvalue weighted by Gasteiger charge is 2.51. The van der Waals surface area contributed by atoms with Crippen molar-refractivity contribution in [3.63, 3.8) is 0 Å². The lowest BCUT2D eigenvalue weighted by Gasteiger charge is -2.35. The third kappa shape index (κ3) is 6.06. The Morgan fingerprint density at radius 2 is 1.97 bits per heavy atom. The van der Waals surface area contributed by atoms with Gasteiger partial charge in [-0.05, 0) is 33.3 Å².